The Balaban J connectivity index is 1.24. The lowest BCUT2D eigenvalue weighted by molar-refractivity contribution is -0.146. The quantitative estimate of drug-likeness (QED) is 0.184. The first-order chi connectivity index (χ1) is 22.1. The molecule has 11 heteroatoms. The van der Waals surface area contributed by atoms with Gasteiger partial charge in [0.2, 0.25) is 11.8 Å². The van der Waals surface area contributed by atoms with Crippen molar-refractivity contribution in [3.8, 4) is 0 Å². The number of nitrogens with one attached hydrogen (secondary N) is 1. The Morgan fingerprint density at radius 2 is 1.70 bits per heavy atom. The SMILES string of the molecule is CCCN1CCN(C(=O)CC2=C(N(C)N)c3cc(CN(C)c4ccc(NC(=O)C5CC=CCC5C(=O)O)cc4)ccc3SC2)CC1. The van der Waals surface area contributed by atoms with Gasteiger partial charge in [0.25, 0.3) is 0 Å². The van der Waals surface area contributed by atoms with E-state index < -0.39 is 17.8 Å². The van der Waals surface area contributed by atoms with Crippen molar-refractivity contribution < 1.29 is 19.5 Å². The Bertz CT molecular complexity index is 1480. The second-order valence-corrected chi connectivity index (χ2v) is 13.5. The Hall–Kier alpha value is -3.80. The van der Waals surface area contributed by atoms with E-state index in [9.17, 15) is 19.5 Å². The third-order valence-electron chi connectivity index (χ3n) is 9.10. The van der Waals surface area contributed by atoms with Gasteiger partial charge in [-0.15, -0.1) is 11.8 Å². The summed E-state index contributed by atoms with van der Waals surface area (Å²) >= 11 is 1.75. The van der Waals surface area contributed by atoms with Crippen molar-refractivity contribution in [2.24, 2.45) is 17.7 Å². The van der Waals surface area contributed by atoms with E-state index in [1.807, 2.05) is 55.4 Å². The number of aliphatic carboxylic acids is 1. The Labute approximate surface area is 276 Å². The van der Waals surface area contributed by atoms with Crippen molar-refractivity contribution in [1.82, 2.24) is 14.8 Å². The van der Waals surface area contributed by atoms with Gasteiger partial charge in [-0.05, 0) is 73.3 Å². The molecule has 2 atom stereocenters. The highest BCUT2D eigenvalue weighted by Crippen LogP contribution is 2.40. The number of piperazine rings is 1. The first-order valence-corrected chi connectivity index (χ1v) is 17.1. The number of anilines is 2. The maximum Gasteiger partial charge on any atom is 0.307 e. The first kappa shape index (κ1) is 33.6. The van der Waals surface area contributed by atoms with Crippen LogP contribution in [0.3, 0.4) is 0 Å². The minimum absolute atomic E-state index is 0.169. The van der Waals surface area contributed by atoms with Crippen LogP contribution in [-0.2, 0) is 20.9 Å². The lowest BCUT2D eigenvalue weighted by Gasteiger charge is -2.35. The van der Waals surface area contributed by atoms with Crippen molar-refractivity contribution in [3.05, 3.63) is 71.3 Å². The predicted molar refractivity (Wildman–Crippen MR) is 184 cm³/mol. The van der Waals surface area contributed by atoms with Crippen molar-refractivity contribution in [2.75, 3.05) is 62.8 Å². The zero-order valence-corrected chi connectivity index (χ0v) is 27.9. The van der Waals surface area contributed by atoms with Gasteiger partial charge >= 0.3 is 5.97 Å². The van der Waals surface area contributed by atoms with E-state index in [0.29, 0.717) is 31.5 Å². The number of nitrogens with zero attached hydrogens (tertiary/aromatic N) is 4. The molecule has 2 aromatic carbocycles. The Morgan fingerprint density at radius 3 is 2.35 bits per heavy atom. The molecular formula is C35H46N6O4S. The van der Waals surface area contributed by atoms with Crippen LogP contribution in [0.25, 0.3) is 5.70 Å². The maximum absolute atomic E-state index is 13.3. The fourth-order valence-electron chi connectivity index (χ4n) is 6.59. The van der Waals surface area contributed by atoms with Gasteiger partial charge in [0.15, 0.2) is 0 Å². The summed E-state index contributed by atoms with van der Waals surface area (Å²) in [5.74, 6) is 4.81. The van der Waals surface area contributed by atoms with Gasteiger partial charge < -0.3 is 25.2 Å². The van der Waals surface area contributed by atoms with Crippen molar-refractivity contribution in [2.45, 2.75) is 44.0 Å². The highest BCUT2D eigenvalue weighted by atomic mass is 32.2. The second kappa shape index (κ2) is 15.2. The smallest absolute Gasteiger partial charge is 0.307 e. The third kappa shape index (κ3) is 7.94. The van der Waals surface area contributed by atoms with Crippen LogP contribution in [0.15, 0.2) is 65.1 Å². The fourth-order valence-corrected chi connectivity index (χ4v) is 7.64. The molecule has 0 aromatic heterocycles. The Kier molecular flexibility index (Phi) is 11.1. The van der Waals surface area contributed by atoms with Crippen LogP contribution < -0.4 is 16.1 Å². The molecule has 246 valence electrons. The van der Waals surface area contributed by atoms with Crippen molar-refractivity contribution in [3.63, 3.8) is 0 Å². The molecule has 10 nitrogen and oxygen atoms in total. The minimum Gasteiger partial charge on any atom is -0.481 e. The van der Waals surface area contributed by atoms with E-state index in [1.54, 1.807) is 16.8 Å². The van der Waals surface area contributed by atoms with Crippen LogP contribution in [0.4, 0.5) is 11.4 Å². The van der Waals surface area contributed by atoms with Crippen molar-refractivity contribution in [1.29, 1.82) is 0 Å². The number of hydrogen-bond donors (Lipinski definition) is 3. The van der Waals surface area contributed by atoms with Gasteiger partial charge in [0.05, 0.1) is 24.0 Å². The minimum atomic E-state index is -0.941. The van der Waals surface area contributed by atoms with Crippen molar-refractivity contribution >= 4 is 46.6 Å². The number of nitrogens with two attached hydrogens (primary N) is 1. The molecule has 1 fully saturated rings. The second-order valence-electron chi connectivity index (χ2n) is 12.5. The highest BCUT2D eigenvalue weighted by Gasteiger charge is 2.34. The van der Waals surface area contributed by atoms with E-state index >= 15 is 0 Å². The normalized spacial score (nSPS) is 19.9. The van der Waals surface area contributed by atoms with E-state index in [2.05, 4.69) is 40.2 Å². The van der Waals surface area contributed by atoms with Gasteiger partial charge in [-0.3, -0.25) is 19.3 Å². The lowest BCUT2D eigenvalue weighted by Crippen LogP contribution is -2.48. The molecule has 5 rings (SSSR count). The zero-order valence-electron chi connectivity index (χ0n) is 27.1. The number of thioether (sulfide) groups is 1. The van der Waals surface area contributed by atoms with E-state index in [4.69, 9.17) is 5.84 Å². The van der Waals surface area contributed by atoms with E-state index in [1.165, 1.54) is 0 Å². The fraction of sp³-hybridized carbons (Fsp3) is 0.457. The molecule has 1 aliphatic carbocycles. The van der Waals surface area contributed by atoms with Gasteiger partial charge in [-0.1, -0.05) is 25.1 Å². The number of rotatable bonds is 11. The molecule has 2 aliphatic heterocycles. The first-order valence-electron chi connectivity index (χ1n) is 16.1. The standard InChI is InChI=1S/C35H46N6O4S/c1-4-15-40-16-18-41(19-17-40)32(42)21-25-23-46-31-14-9-24(20-30(31)33(25)39(3)36)22-38(2)27-12-10-26(11-13-27)37-34(43)28-7-5-6-8-29(28)35(44)45/h5-6,9-14,20,28-29H,4,7-8,15-19,21-23,36H2,1-3H3,(H,37,43)(H,44,45). The van der Waals surface area contributed by atoms with Gasteiger partial charge in [0, 0.05) is 74.4 Å². The summed E-state index contributed by atoms with van der Waals surface area (Å²) in [7, 11) is 3.86. The number of amides is 2. The molecule has 0 bridgehead atoms. The van der Waals surface area contributed by atoms with Crippen LogP contribution in [0.1, 0.15) is 43.7 Å². The largest absolute Gasteiger partial charge is 0.481 e. The molecule has 2 unspecified atom stereocenters. The summed E-state index contributed by atoms with van der Waals surface area (Å²) in [5.41, 5.74) is 5.77. The molecule has 0 spiro atoms. The number of hydrogen-bond acceptors (Lipinski definition) is 8. The monoisotopic (exact) mass is 646 g/mol. The van der Waals surface area contributed by atoms with E-state index in [0.717, 1.165) is 77.9 Å². The molecule has 0 saturated carbocycles. The highest BCUT2D eigenvalue weighted by molar-refractivity contribution is 7.99. The zero-order chi connectivity index (χ0) is 32.8. The third-order valence-corrected chi connectivity index (χ3v) is 10.3. The van der Waals surface area contributed by atoms with Crippen LogP contribution >= 0.6 is 11.8 Å². The van der Waals surface area contributed by atoms with Crippen LogP contribution in [0.5, 0.6) is 0 Å². The number of allylic oxidation sites excluding steroid dienone is 2. The molecule has 4 N–H and O–H groups in total. The molecule has 0 radical (unpaired) electrons. The Morgan fingerprint density at radius 1 is 1.00 bits per heavy atom. The maximum atomic E-state index is 13.3. The molecule has 3 aliphatic rings. The summed E-state index contributed by atoms with van der Waals surface area (Å²) in [5, 5.41) is 14.1. The molecule has 46 heavy (non-hydrogen) atoms. The molecular weight excluding hydrogens is 600 g/mol. The van der Waals surface area contributed by atoms with E-state index in [-0.39, 0.29) is 11.8 Å². The number of carboxylic acids is 1. The van der Waals surface area contributed by atoms with Crippen LogP contribution in [0, 0.1) is 11.8 Å². The summed E-state index contributed by atoms with van der Waals surface area (Å²) in [4.78, 5) is 45.5. The predicted octanol–water partition coefficient (Wildman–Crippen LogP) is 4.50. The molecule has 2 aromatic rings. The number of carboxylic acid groups (broad SMARTS) is 1. The summed E-state index contributed by atoms with van der Waals surface area (Å²) in [6.45, 7) is 7.33. The number of carbonyl (C=O) groups excluding carboxylic acids is 2. The number of fused-ring (bicyclic) bond motifs is 1. The van der Waals surface area contributed by atoms with Gasteiger partial charge in [-0.2, -0.15) is 0 Å². The number of carbonyl (C=O) groups is 3. The molecule has 2 heterocycles. The average Bonchev–Trinajstić information content (AvgIpc) is 3.05. The van der Waals surface area contributed by atoms with Gasteiger partial charge in [-0.25, -0.2) is 5.84 Å². The lowest BCUT2D eigenvalue weighted by atomic mass is 9.82. The van der Waals surface area contributed by atoms with Gasteiger partial charge in [0.1, 0.15) is 0 Å². The summed E-state index contributed by atoms with van der Waals surface area (Å²) in [6.07, 6.45) is 6.00. The summed E-state index contributed by atoms with van der Waals surface area (Å²) < 4.78 is 0. The van der Waals surface area contributed by atoms with Crippen LogP contribution in [0.2, 0.25) is 0 Å². The van der Waals surface area contributed by atoms with Crippen LogP contribution in [-0.4, -0.2) is 90.3 Å². The summed E-state index contributed by atoms with van der Waals surface area (Å²) in [6, 6.07) is 14.0. The average molecular weight is 647 g/mol. The molecule has 1 saturated heterocycles. The number of hydrazine groups is 1. The number of benzene rings is 2. The molecule has 2 amide bonds. The topological polar surface area (TPSA) is 122 Å².